The number of piperazine rings is 1. The Hall–Kier alpha value is -3.00. The second-order valence-electron chi connectivity index (χ2n) is 7.30. The predicted octanol–water partition coefficient (Wildman–Crippen LogP) is 1.53. The third-order valence-electron chi connectivity index (χ3n) is 5.73. The van der Waals surface area contributed by atoms with Gasteiger partial charge >= 0.3 is 0 Å². The van der Waals surface area contributed by atoms with Crippen LogP contribution in [0.15, 0.2) is 35.5 Å². The maximum Gasteiger partial charge on any atom is 0.261 e. The van der Waals surface area contributed by atoms with Gasteiger partial charge in [0.05, 0.1) is 12.9 Å². The quantitative estimate of drug-likeness (QED) is 0.739. The van der Waals surface area contributed by atoms with Crippen molar-refractivity contribution >= 4 is 17.0 Å². The number of hydrogen-bond donors (Lipinski definition) is 1. The van der Waals surface area contributed by atoms with Crippen LogP contribution in [-0.4, -0.2) is 57.6 Å². The minimum Gasteiger partial charge on any atom is -0.493 e. The summed E-state index contributed by atoms with van der Waals surface area (Å²) < 4.78 is 5.72. The first kappa shape index (κ1) is 17.1. The Kier molecular flexibility index (Phi) is 4.20. The molecular formula is C20H22N6O2. The van der Waals surface area contributed by atoms with E-state index in [1.165, 1.54) is 17.5 Å². The molecule has 1 aromatic carbocycles. The van der Waals surface area contributed by atoms with Crippen molar-refractivity contribution in [3.63, 3.8) is 0 Å². The minimum atomic E-state index is -0.214. The summed E-state index contributed by atoms with van der Waals surface area (Å²) in [4.78, 5) is 32.0. The Morgan fingerprint density at radius 2 is 2.04 bits per heavy atom. The highest BCUT2D eigenvalue weighted by Gasteiger charge is 2.25. The highest BCUT2D eigenvalue weighted by Crippen LogP contribution is 2.31. The SMILES string of the molecule is CC(c1ccc2c(c1)OCC2)N1CCN(c2ncc3c(=O)[nH]cnc3n2)CC1. The lowest BCUT2D eigenvalue weighted by atomic mass is 10.0. The fourth-order valence-electron chi connectivity index (χ4n) is 3.97. The van der Waals surface area contributed by atoms with Gasteiger partial charge in [0.2, 0.25) is 5.95 Å². The standard InChI is InChI=1S/C20H22N6O2/c1-13(15-3-2-14-4-9-28-17(14)10-15)25-5-7-26(8-6-25)20-21-11-16-18(24-20)22-12-23-19(16)27/h2-3,10-13H,4-9H2,1H3,(H,21,22,23,24,27). The van der Waals surface area contributed by atoms with E-state index in [9.17, 15) is 4.79 Å². The van der Waals surface area contributed by atoms with E-state index >= 15 is 0 Å². The zero-order valence-electron chi connectivity index (χ0n) is 15.8. The summed E-state index contributed by atoms with van der Waals surface area (Å²) in [5.74, 6) is 1.67. The molecule has 5 rings (SSSR count). The van der Waals surface area contributed by atoms with Crippen molar-refractivity contribution in [3.05, 3.63) is 52.2 Å². The number of H-pyrrole nitrogens is 1. The van der Waals surface area contributed by atoms with Crippen LogP contribution in [0.4, 0.5) is 5.95 Å². The van der Waals surface area contributed by atoms with Gasteiger partial charge in [-0.15, -0.1) is 0 Å². The monoisotopic (exact) mass is 378 g/mol. The molecule has 1 N–H and O–H groups in total. The second kappa shape index (κ2) is 6.87. The van der Waals surface area contributed by atoms with E-state index in [1.54, 1.807) is 6.20 Å². The largest absolute Gasteiger partial charge is 0.493 e. The lowest BCUT2D eigenvalue weighted by molar-refractivity contribution is 0.197. The van der Waals surface area contributed by atoms with Gasteiger partial charge in [0.1, 0.15) is 11.1 Å². The number of anilines is 1. The zero-order valence-corrected chi connectivity index (χ0v) is 15.8. The maximum absolute atomic E-state index is 11.8. The molecule has 0 saturated carbocycles. The first-order valence-corrected chi connectivity index (χ1v) is 9.64. The van der Waals surface area contributed by atoms with Gasteiger partial charge in [-0.2, -0.15) is 4.98 Å². The highest BCUT2D eigenvalue weighted by molar-refractivity contribution is 5.73. The summed E-state index contributed by atoms with van der Waals surface area (Å²) in [5, 5.41) is 0.414. The zero-order chi connectivity index (χ0) is 19.1. The number of benzene rings is 1. The van der Waals surface area contributed by atoms with Crippen LogP contribution in [0.3, 0.4) is 0 Å². The van der Waals surface area contributed by atoms with Crippen LogP contribution in [-0.2, 0) is 6.42 Å². The van der Waals surface area contributed by atoms with Gasteiger partial charge in [0.25, 0.3) is 5.56 Å². The van der Waals surface area contributed by atoms with Crippen molar-refractivity contribution in [1.29, 1.82) is 0 Å². The van der Waals surface area contributed by atoms with Crippen LogP contribution in [0.25, 0.3) is 11.0 Å². The Morgan fingerprint density at radius 1 is 1.18 bits per heavy atom. The van der Waals surface area contributed by atoms with Gasteiger partial charge < -0.3 is 14.6 Å². The molecule has 8 nitrogen and oxygen atoms in total. The smallest absolute Gasteiger partial charge is 0.261 e. The Labute approximate surface area is 162 Å². The molecule has 1 saturated heterocycles. The van der Waals surface area contributed by atoms with Crippen LogP contribution < -0.4 is 15.2 Å². The Balaban J connectivity index is 1.29. The molecule has 144 valence electrons. The summed E-state index contributed by atoms with van der Waals surface area (Å²) in [7, 11) is 0. The number of aromatic nitrogens is 4. The van der Waals surface area contributed by atoms with E-state index in [0.717, 1.165) is 45.0 Å². The van der Waals surface area contributed by atoms with Crippen LogP contribution >= 0.6 is 0 Å². The molecule has 0 bridgehead atoms. The van der Waals surface area contributed by atoms with E-state index in [1.807, 2.05) is 0 Å². The molecule has 0 amide bonds. The maximum atomic E-state index is 11.8. The highest BCUT2D eigenvalue weighted by atomic mass is 16.5. The molecule has 4 heterocycles. The third kappa shape index (κ3) is 2.99. The van der Waals surface area contributed by atoms with Gasteiger partial charge in [-0.3, -0.25) is 9.69 Å². The molecule has 0 spiro atoms. The number of nitrogens with zero attached hydrogens (tertiary/aromatic N) is 5. The van der Waals surface area contributed by atoms with Crippen molar-refractivity contribution in [1.82, 2.24) is 24.8 Å². The second-order valence-corrected chi connectivity index (χ2v) is 7.30. The molecule has 8 heteroatoms. The van der Waals surface area contributed by atoms with Crippen molar-refractivity contribution in [2.24, 2.45) is 0 Å². The third-order valence-corrected chi connectivity index (χ3v) is 5.73. The van der Waals surface area contributed by atoms with Crippen LogP contribution in [0.1, 0.15) is 24.1 Å². The summed E-state index contributed by atoms with van der Waals surface area (Å²) in [6, 6.07) is 6.94. The molecule has 2 aromatic heterocycles. The number of rotatable bonds is 3. The van der Waals surface area contributed by atoms with Gasteiger partial charge in [-0.05, 0) is 24.1 Å². The molecule has 2 aliphatic rings. The van der Waals surface area contributed by atoms with E-state index in [2.05, 4.69) is 54.9 Å². The Bertz CT molecular complexity index is 1070. The predicted molar refractivity (Wildman–Crippen MR) is 106 cm³/mol. The topological polar surface area (TPSA) is 87.2 Å². The van der Waals surface area contributed by atoms with Crippen LogP contribution in [0.5, 0.6) is 5.75 Å². The number of ether oxygens (including phenoxy) is 1. The molecule has 28 heavy (non-hydrogen) atoms. The fourth-order valence-corrected chi connectivity index (χ4v) is 3.97. The number of fused-ring (bicyclic) bond motifs is 2. The summed E-state index contributed by atoms with van der Waals surface area (Å²) in [6.45, 7) is 6.54. The lowest BCUT2D eigenvalue weighted by Crippen LogP contribution is -2.47. The molecule has 0 radical (unpaired) electrons. The van der Waals surface area contributed by atoms with Crippen LogP contribution in [0, 0.1) is 0 Å². The van der Waals surface area contributed by atoms with E-state index in [0.29, 0.717) is 23.0 Å². The normalized spacial score (nSPS) is 18.1. The van der Waals surface area contributed by atoms with E-state index < -0.39 is 0 Å². The Morgan fingerprint density at radius 3 is 2.89 bits per heavy atom. The molecule has 3 aromatic rings. The first-order valence-electron chi connectivity index (χ1n) is 9.64. The summed E-state index contributed by atoms with van der Waals surface area (Å²) in [6.07, 6.45) is 3.94. The lowest BCUT2D eigenvalue weighted by Gasteiger charge is -2.38. The van der Waals surface area contributed by atoms with Crippen LogP contribution in [0.2, 0.25) is 0 Å². The summed E-state index contributed by atoms with van der Waals surface area (Å²) in [5.41, 5.74) is 2.82. The average Bonchev–Trinajstić information content (AvgIpc) is 3.21. The fraction of sp³-hybridized carbons (Fsp3) is 0.400. The van der Waals surface area contributed by atoms with Crippen molar-refractivity contribution < 1.29 is 4.74 Å². The summed E-state index contributed by atoms with van der Waals surface area (Å²) >= 11 is 0. The number of nitrogens with one attached hydrogen (secondary N) is 1. The molecule has 1 atom stereocenters. The molecule has 1 fully saturated rings. The first-order chi connectivity index (χ1) is 13.7. The van der Waals surface area contributed by atoms with E-state index in [4.69, 9.17) is 4.74 Å². The average molecular weight is 378 g/mol. The van der Waals surface area contributed by atoms with Gasteiger partial charge in [0.15, 0.2) is 5.65 Å². The molecule has 0 aliphatic carbocycles. The number of hydrogen-bond acceptors (Lipinski definition) is 7. The molecule has 1 unspecified atom stereocenters. The minimum absolute atomic E-state index is 0.214. The molecular weight excluding hydrogens is 356 g/mol. The van der Waals surface area contributed by atoms with E-state index in [-0.39, 0.29) is 5.56 Å². The molecule has 2 aliphatic heterocycles. The van der Waals surface area contributed by atoms with Gasteiger partial charge in [-0.1, -0.05) is 12.1 Å². The van der Waals surface area contributed by atoms with Gasteiger partial charge in [-0.25, -0.2) is 9.97 Å². The van der Waals surface area contributed by atoms with Crippen molar-refractivity contribution in [3.8, 4) is 5.75 Å². The number of aromatic amines is 1. The van der Waals surface area contributed by atoms with Crippen molar-refractivity contribution in [2.45, 2.75) is 19.4 Å². The van der Waals surface area contributed by atoms with Gasteiger partial charge in [0, 0.05) is 44.8 Å². The van der Waals surface area contributed by atoms with Crippen molar-refractivity contribution in [2.75, 3.05) is 37.7 Å².